The van der Waals surface area contributed by atoms with Crippen LogP contribution in [0.5, 0.6) is 0 Å². The molecule has 1 rings (SSSR count). The predicted octanol–water partition coefficient (Wildman–Crippen LogP) is 2.46. The number of halogens is 1. The summed E-state index contributed by atoms with van der Waals surface area (Å²) in [5.41, 5.74) is 0.272. The summed E-state index contributed by atoms with van der Waals surface area (Å²) < 4.78 is 0. The summed E-state index contributed by atoms with van der Waals surface area (Å²) in [5, 5.41) is 0. The van der Waals surface area contributed by atoms with Gasteiger partial charge in [-0.05, 0) is 52.6 Å². The highest BCUT2D eigenvalue weighted by Crippen LogP contribution is 2.27. The molecule has 14 heavy (non-hydrogen) atoms. The molecule has 0 bridgehead atoms. The Morgan fingerprint density at radius 1 is 1.36 bits per heavy atom. The van der Waals surface area contributed by atoms with E-state index >= 15 is 0 Å². The number of carbonyl (C=O) groups is 1. The van der Waals surface area contributed by atoms with E-state index in [0.29, 0.717) is 5.92 Å². The molecule has 1 saturated heterocycles. The van der Waals surface area contributed by atoms with Crippen molar-refractivity contribution in [2.24, 2.45) is 5.92 Å². The van der Waals surface area contributed by atoms with Crippen LogP contribution >= 0.6 is 15.9 Å². The van der Waals surface area contributed by atoms with Crippen LogP contribution < -0.4 is 0 Å². The van der Waals surface area contributed by atoms with Crippen molar-refractivity contribution in [3.8, 4) is 0 Å². The van der Waals surface area contributed by atoms with E-state index in [1.807, 2.05) is 0 Å². The molecule has 0 saturated carbocycles. The van der Waals surface area contributed by atoms with Gasteiger partial charge >= 0.3 is 0 Å². The summed E-state index contributed by atoms with van der Waals surface area (Å²) in [5.74, 6) is 0.533. The molecule has 0 N–H and O–H groups in total. The van der Waals surface area contributed by atoms with E-state index in [9.17, 15) is 4.79 Å². The Kier molecular flexibility index (Phi) is 4.14. The van der Waals surface area contributed by atoms with E-state index in [4.69, 9.17) is 0 Å². The van der Waals surface area contributed by atoms with Crippen LogP contribution in [0.2, 0.25) is 0 Å². The smallest absolute Gasteiger partial charge is 0.133 e. The predicted molar refractivity (Wildman–Crippen MR) is 62.8 cm³/mol. The minimum absolute atomic E-state index is 0.0598. The van der Waals surface area contributed by atoms with Gasteiger partial charge in [-0.1, -0.05) is 15.9 Å². The van der Waals surface area contributed by atoms with Gasteiger partial charge in [0.05, 0.1) is 4.83 Å². The third-order valence-electron chi connectivity index (χ3n) is 3.07. The zero-order valence-electron chi connectivity index (χ0n) is 9.29. The minimum atomic E-state index is 0.0598. The standard InChI is InChI=1S/C11H20BrNO/c1-11(2,3)13-6-4-9(5-7-13)10(12)8-14/h8-10H,4-7H2,1-3H3. The first-order valence-corrected chi connectivity index (χ1v) is 6.21. The molecule has 1 heterocycles. The van der Waals surface area contributed by atoms with E-state index < -0.39 is 0 Å². The molecule has 1 aliphatic heterocycles. The monoisotopic (exact) mass is 261 g/mol. The zero-order chi connectivity index (χ0) is 10.8. The third-order valence-corrected chi connectivity index (χ3v) is 4.03. The van der Waals surface area contributed by atoms with Crippen LogP contribution in [-0.4, -0.2) is 34.6 Å². The fourth-order valence-electron chi connectivity index (χ4n) is 2.00. The van der Waals surface area contributed by atoms with Gasteiger partial charge < -0.3 is 4.79 Å². The Bertz CT molecular complexity index is 192. The molecule has 0 radical (unpaired) electrons. The summed E-state index contributed by atoms with van der Waals surface area (Å²) >= 11 is 3.42. The first-order valence-electron chi connectivity index (χ1n) is 5.29. The Balaban J connectivity index is 2.42. The van der Waals surface area contributed by atoms with Crippen LogP contribution in [0.15, 0.2) is 0 Å². The summed E-state index contributed by atoms with van der Waals surface area (Å²) in [6, 6.07) is 0. The third kappa shape index (κ3) is 3.06. The lowest BCUT2D eigenvalue weighted by Gasteiger charge is -2.41. The van der Waals surface area contributed by atoms with Crippen molar-refractivity contribution in [1.82, 2.24) is 4.90 Å². The van der Waals surface area contributed by atoms with Gasteiger partial charge in [0.1, 0.15) is 6.29 Å². The lowest BCUT2D eigenvalue weighted by molar-refractivity contribution is -0.108. The molecule has 1 unspecified atom stereocenters. The molecule has 1 aliphatic rings. The topological polar surface area (TPSA) is 20.3 Å². The Hall–Kier alpha value is 0.110. The van der Waals surface area contributed by atoms with Crippen LogP contribution in [0.25, 0.3) is 0 Å². The molecular formula is C11H20BrNO. The van der Waals surface area contributed by atoms with Crippen LogP contribution in [0.3, 0.4) is 0 Å². The molecule has 1 fully saturated rings. The van der Waals surface area contributed by atoms with Gasteiger partial charge in [0.15, 0.2) is 0 Å². The number of rotatable bonds is 2. The molecule has 3 heteroatoms. The van der Waals surface area contributed by atoms with Gasteiger partial charge in [-0.2, -0.15) is 0 Å². The van der Waals surface area contributed by atoms with E-state index in [1.165, 1.54) is 0 Å². The second-order valence-electron chi connectivity index (χ2n) is 5.08. The maximum atomic E-state index is 10.6. The molecule has 0 aromatic heterocycles. The maximum absolute atomic E-state index is 10.6. The van der Waals surface area contributed by atoms with Gasteiger partial charge in [0, 0.05) is 5.54 Å². The number of alkyl halides is 1. The molecule has 2 nitrogen and oxygen atoms in total. The van der Waals surface area contributed by atoms with Gasteiger partial charge in [-0.15, -0.1) is 0 Å². The van der Waals surface area contributed by atoms with E-state index in [2.05, 4.69) is 41.6 Å². The van der Waals surface area contributed by atoms with Gasteiger partial charge in [-0.25, -0.2) is 0 Å². The molecule has 0 aromatic rings. The van der Waals surface area contributed by atoms with Crippen molar-refractivity contribution < 1.29 is 4.79 Å². The number of carbonyl (C=O) groups excluding carboxylic acids is 1. The molecule has 0 aromatic carbocycles. The second kappa shape index (κ2) is 4.75. The highest BCUT2D eigenvalue weighted by atomic mass is 79.9. The molecular weight excluding hydrogens is 242 g/mol. The van der Waals surface area contributed by atoms with Crippen molar-refractivity contribution in [3.05, 3.63) is 0 Å². The normalized spacial score (nSPS) is 23.4. The largest absolute Gasteiger partial charge is 0.302 e. The fraction of sp³-hybridized carbons (Fsp3) is 0.909. The Labute approximate surface area is 95.2 Å². The first kappa shape index (κ1) is 12.2. The van der Waals surface area contributed by atoms with Crippen molar-refractivity contribution >= 4 is 22.2 Å². The number of hydrogen-bond acceptors (Lipinski definition) is 2. The van der Waals surface area contributed by atoms with Crippen LogP contribution in [0.4, 0.5) is 0 Å². The van der Waals surface area contributed by atoms with Crippen molar-refractivity contribution in [2.45, 2.75) is 44.0 Å². The Morgan fingerprint density at radius 3 is 2.21 bits per heavy atom. The van der Waals surface area contributed by atoms with Crippen LogP contribution in [0.1, 0.15) is 33.6 Å². The van der Waals surface area contributed by atoms with E-state index in [0.717, 1.165) is 32.2 Å². The van der Waals surface area contributed by atoms with Gasteiger partial charge in [-0.3, -0.25) is 4.90 Å². The number of hydrogen-bond donors (Lipinski definition) is 0. The Morgan fingerprint density at radius 2 is 1.86 bits per heavy atom. The van der Waals surface area contributed by atoms with Crippen molar-refractivity contribution in [2.75, 3.05) is 13.1 Å². The SMILES string of the molecule is CC(C)(C)N1CCC(C(Br)C=O)CC1. The zero-order valence-corrected chi connectivity index (χ0v) is 10.9. The quantitative estimate of drug-likeness (QED) is 0.563. The fourth-order valence-corrected chi connectivity index (χ4v) is 2.53. The highest BCUT2D eigenvalue weighted by Gasteiger charge is 2.29. The van der Waals surface area contributed by atoms with Gasteiger partial charge in [0.25, 0.3) is 0 Å². The van der Waals surface area contributed by atoms with Crippen LogP contribution in [-0.2, 0) is 4.79 Å². The molecule has 1 atom stereocenters. The number of piperidine rings is 1. The van der Waals surface area contributed by atoms with E-state index in [1.54, 1.807) is 0 Å². The van der Waals surface area contributed by atoms with E-state index in [-0.39, 0.29) is 10.4 Å². The molecule has 0 amide bonds. The minimum Gasteiger partial charge on any atom is -0.302 e. The molecule has 0 spiro atoms. The van der Waals surface area contributed by atoms with Crippen molar-refractivity contribution in [3.63, 3.8) is 0 Å². The second-order valence-corrected chi connectivity index (χ2v) is 6.13. The summed E-state index contributed by atoms with van der Waals surface area (Å²) in [7, 11) is 0. The summed E-state index contributed by atoms with van der Waals surface area (Å²) in [6.07, 6.45) is 3.29. The van der Waals surface area contributed by atoms with Crippen molar-refractivity contribution in [1.29, 1.82) is 0 Å². The lowest BCUT2D eigenvalue weighted by Crippen LogP contribution is -2.47. The van der Waals surface area contributed by atoms with Crippen LogP contribution in [0, 0.1) is 5.92 Å². The number of likely N-dealkylation sites (tertiary alicyclic amines) is 1. The first-order chi connectivity index (χ1) is 6.45. The summed E-state index contributed by atoms with van der Waals surface area (Å²) in [4.78, 5) is 13.2. The highest BCUT2D eigenvalue weighted by molar-refractivity contribution is 9.09. The number of aldehydes is 1. The molecule has 82 valence electrons. The average molecular weight is 262 g/mol. The van der Waals surface area contributed by atoms with Gasteiger partial charge in [0.2, 0.25) is 0 Å². The maximum Gasteiger partial charge on any atom is 0.133 e. The number of nitrogens with zero attached hydrogens (tertiary/aromatic N) is 1. The average Bonchev–Trinajstić information content (AvgIpc) is 2.15. The summed E-state index contributed by atoms with van der Waals surface area (Å²) in [6.45, 7) is 8.98. The molecule has 0 aliphatic carbocycles. The lowest BCUT2D eigenvalue weighted by atomic mass is 9.91.